The molecule has 0 aromatic heterocycles. The summed E-state index contributed by atoms with van der Waals surface area (Å²) in [6.45, 7) is 3.04. The van der Waals surface area contributed by atoms with E-state index in [0.717, 1.165) is 24.2 Å². The summed E-state index contributed by atoms with van der Waals surface area (Å²) in [5, 5.41) is 3.38. The van der Waals surface area contributed by atoms with Crippen LogP contribution in [0.4, 0.5) is 5.69 Å². The summed E-state index contributed by atoms with van der Waals surface area (Å²) in [6.07, 6.45) is 7.69. The average Bonchev–Trinajstić information content (AvgIpc) is 3.00. The zero-order chi connectivity index (χ0) is 15.1. The van der Waals surface area contributed by atoms with Gasteiger partial charge in [0.15, 0.2) is 0 Å². The molecule has 1 aliphatic carbocycles. The number of allylic oxidation sites excluding steroid dienone is 3. The Morgan fingerprint density at radius 1 is 1.29 bits per heavy atom. The molecule has 114 valence electrons. The first-order valence-corrected chi connectivity index (χ1v) is 8.85. The lowest BCUT2D eigenvalue weighted by molar-refractivity contribution is 0.243. The summed E-state index contributed by atoms with van der Waals surface area (Å²) in [5.74, 6) is 0. The van der Waals surface area contributed by atoms with Crippen LogP contribution in [0.25, 0.3) is 0 Å². The Hall–Kier alpha value is -1.35. The summed E-state index contributed by atoms with van der Waals surface area (Å²) in [4.78, 5) is 0. The first kappa shape index (κ1) is 16.0. The number of benzene rings is 1. The molecule has 1 unspecified atom stereocenters. The van der Waals surface area contributed by atoms with Crippen molar-refractivity contribution in [2.75, 3.05) is 25.6 Å². The minimum atomic E-state index is -3.01. The van der Waals surface area contributed by atoms with E-state index in [1.54, 1.807) is 0 Å². The van der Waals surface area contributed by atoms with Crippen LogP contribution in [0.2, 0.25) is 0 Å². The molecule has 0 spiro atoms. The van der Waals surface area contributed by atoms with Crippen LogP contribution in [0.3, 0.4) is 0 Å². The van der Waals surface area contributed by atoms with E-state index in [-0.39, 0.29) is 0 Å². The van der Waals surface area contributed by atoms with Crippen LogP contribution in [0, 0.1) is 0 Å². The SMILES string of the molecule is CCOP(=O)(Cc1ccc(NCC2=CC=CC2)cc1)OC. The third kappa shape index (κ3) is 4.85. The summed E-state index contributed by atoms with van der Waals surface area (Å²) in [5.41, 5.74) is 3.37. The van der Waals surface area contributed by atoms with E-state index >= 15 is 0 Å². The van der Waals surface area contributed by atoms with Gasteiger partial charge in [-0.1, -0.05) is 30.4 Å². The van der Waals surface area contributed by atoms with Crippen molar-refractivity contribution in [3.63, 3.8) is 0 Å². The summed E-state index contributed by atoms with van der Waals surface area (Å²) in [7, 11) is -1.58. The van der Waals surface area contributed by atoms with Gasteiger partial charge in [0.05, 0.1) is 12.8 Å². The second-order valence-corrected chi connectivity index (χ2v) is 7.04. The number of hydrogen-bond donors (Lipinski definition) is 1. The van der Waals surface area contributed by atoms with Crippen LogP contribution in [0.15, 0.2) is 48.1 Å². The molecule has 0 radical (unpaired) electrons. The first-order valence-electron chi connectivity index (χ1n) is 7.12. The Morgan fingerprint density at radius 2 is 2.05 bits per heavy atom. The topological polar surface area (TPSA) is 47.6 Å². The highest BCUT2D eigenvalue weighted by Crippen LogP contribution is 2.50. The van der Waals surface area contributed by atoms with Crippen LogP contribution in [-0.4, -0.2) is 20.3 Å². The molecule has 2 rings (SSSR count). The van der Waals surface area contributed by atoms with Gasteiger partial charge in [0, 0.05) is 19.3 Å². The number of anilines is 1. The van der Waals surface area contributed by atoms with Crippen molar-refractivity contribution < 1.29 is 13.6 Å². The van der Waals surface area contributed by atoms with E-state index in [1.807, 2.05) is 31.2 Å². The van der Waals surface area contributed by atoms with E-state index in [0.29, 0.717) is 12.8 Å². The lowest BCUT2D eigenvalue weighted by atomic mass is 10.2. The van der Waals surface area contributed by atoms with Gasteiger partial charge in [-0.2, -0.15) is 0 Å². The summed E-state index contributed by atoms with van der Waals surface area (Å²) in [6, 6.07) is 7.89. The Morgan fingerprint density at radius 3 is 2.62 bits per heavy atom. The Labute approximate surface area is 126 Å². The molecule has 0 bridgehead atoms. The Bertz CT molecular complexity index is 563. The molecule has 1 aromatic rings. The third-order valence-electron chi connectivity index (χ3n) is 3.30. The minimum absolute atomic E-state index is 0.298. The largest absolute Gasteiger partial charge is 0.381 e. The average molecular weight is 307 g/mol. The predicted molar refractivity (Wildman–Crippen MR) is 86.7 cm³/mol. The van der Waals surface area contributed by atoms with Crippen molar-refractivity contribution in [1.29, 1.82) is 0 Å². The van der Waals surface area contributed by atoms with Gasteiger partial charge in [-0.3, -0.25) is 4.57 Å². The van der Waals surface area contributed by atoms with E-state index in [4.69, 9.17) is 9.05 Å². The molecule has 0 saturated heterocycles. The quantitative estimate of drug-likeness (QED) is 0.725. The molecular formula is C16H22NO3P. The number of rotatable bonds is 8. The lowest BCUT2D eigenvalue weighted by Gasteiger charge is -2.15. The highest BCUT2D eigenvalue weighted by atomic mass is 31.2. The van der Waals surface area contributed by atoms with Crippen molar-refractivity contribution in [1.82, 2.24) is 0 Å². The minimum Gasteiger partial charge on any atom is -0.381 e. The van der Waals surface area contributed by atoms with Crippen LogP contribution >= 0.6 is 7.60 Å². The van der Waals surface area contributed by atoms with Crippen LogP contribution in [0.1, 0.15) is 18.9 Å². The van der Waals surface area contributed by atoms with Gasteiger partial charge < -0.3 is 14.4 Å². The summed E-state index contributed by atoms with van der Waals surface area (Å²) < 4.78 is 22.5. The lowest BCUT2D eigenvalue weighted by Crippen LogP contribution is -2.03. The number of nitrogens with one attached hydrogen (secondary N) is 1. The zero-order valence-corrected chi connectivity index (χ0v) is 13.4. The van der Waals surface area contributed by atoms with Crippen LogP contribution < -0.4 is 5.32 Å². The predicted octanol–water partition coefficient (Wildman–Crippen LogP) is 4.36. The van der Waals surface area contributed by atoms with Crippen molar-refractivity contribution in [3.8, 4) is 0 Å². The second-order valence-electron chi connectivity index (χ2n) is 4.88. The maximum atomic E-state index is 12.3. The molecule has 0 aliphatic heterocycles. The van der Waals surface area contributed by atoms with E-state index in [2.05, 4.69) is 23.5 Å². The van der Waals surface area contributed by atoms with Crippen molar-refractivity contribution >= 4 is 13.3 Å². The maximum absolute atomic E-state index is 12.3. The highest BCUT2D eigenvalue weighted by molar-refractivity contribution is 7.53. The smallest absolute Gasteiger partial charge is 0.334 e. The van der Waals surface area contributed by atoms with Crippen LogP contribution in [0.5, 0.6) is 0 Å². The molecule has 1 aliphatic rings. The van der Waals surface area contributed by atoms with Crippen molar-refractivity contribution in [2.45, 2.75) is 19.5 Å². The molecule has 0 fully saturated rings. The van der Waals surface area contributed by atoms with Gasteiger partial charge in [-0.05, 0) is 36.6 Å². The standard InChI is InChI=1S/C16H22NO3P/c1-3-20-21(18,19-2)13-15-8-10-16(11-9-15)17-12-14-6-4-5-7-14/h4-6,8-11,17H,3,7,12-13H2,1-2H3. The number of hydrogen-bond acceptors (Lipinski definition) is 4. The molecule has 1 N–H and O–H groups in total. The molecule has 21 heavy (non-hydrogen) atoms. The summed E-state index contributed by atoms with van der Waals surface area (Å²) >= 11 is 0. The zero-order valence-electron chi connectivity index (χ0n) is 12.5. The van der Waals surface area contributed by atoms with Crippen molar-refractivity contribution in [2.24, 2.45) is 0 Å². The Balaban J connectivity index is 1.90. The Kier molecular flexibility index (Phi) is 5.80. The van der Waals surface area contributed by atoms with Gasteiger partial charge in [-0.15, -0.1) is 0 Å². The van der Waals surface area contributed by atoms with E-state index < -0.39 is 7.60 Å². The molecule has 0 saturated carbocycles. The molecule has 0 amide bonds. The van der Waals surface area contributed by atoms with Crippen molar-refractivity contribution in [3.05, 3.63) is 53.6 Å². The fraction of sp³-hybridized carbons (Fsp3) is 0.375. The van der Waals surface area contributed by atoms with Gasteiger partial charge >= 0.3 is 7.60 Å². The van der Waals surface area contributed by atoms with E-state index in [1.165, 1.54) is 12.7 Å². The molecule has 4 nitrogen and oxygen atoms in total. The third-order valence-corrected chi connectivity index (χ3v) is 5.26. The maximum Gasteiger partial charge on any atom is 0.334 e. The monoisotopic (exact) mass is 307 g/mol. The van der Waals surface area contributed by atoms with Gasteiger partial charge in [0.2, 0.25) is 0 Å². The normalized spacial score (nSPS) is 16.6. The molecular weight excluding hydrogens is 285 g/mol. The fourth-order valence-electron chi connectivity index (χ4n) is 2.15. The van der Waals surface area contributed by atoms with Gasteiger partial charge in [0.25, 0.3) is 0 Å². The molecule has 5 heteroatoms. The van der Waals surface area contributed by atoms with Gasteiger partial charge in [0.1, 0.15) is 0 Å². The fourth-order valence-corrected chi connectivity index (χ4v) is 3.53. The highest BCUT2D eigenvalue weighted by Gasteiger charge is 2.22. The molecule has 1 atom stereocenters. The van der Waals surface area contributed by atoms with Gasteiger partial charge in [-0.25, -0.2) is 0 Å². The second kappa shape index (κ2) is 7.60. The molecule has 1 aromatic carbocycles. The van der Waals surface area contributed by atoms with E-state index in [9.17, 15) is 4.57 Å². The first-order chi connectivity index (χ1) is 10.1. The molecule has 0 heterocycles. The van der Waals surface area contributed by atoms with Crippen LogP contribution in [-0.2, 0) is 19.8 Å².